The first kappa shape index (κ1) is 13.4. The van der Waals surface area contributed by atoms with Crippen molar-refractivity contribution < 1.29 is 4.74 Å². The second kappa shape index (κ2) is 6.24. The van der Waals surface area contributed by atoms with Crippen molar-refractivity contribution in [2.75, 3.05) is 13.6 Å². The van der Waals surface area contributed by atoms with Crippen LogP contribution in [-0.4, -0.2) is 19.7 Å². The molecule has 1 aliphatic rings. The molecule has 0 radical (unpaired) electrons. The van der Waals surface area contributed by atoms with Crippen molar-refractivity contribution >= 4 is 0 Å². The highest BCUT2D eigenvalue weighted by molar-refractivity contribution is 5.37. The van der Waals surface area contributed by atoms with Gasteiger partial charge in [-0.25, -0.2) is 0 Å². The summed E-state index contributed by atoms with van der Waals surface area (Å²) in [7, 11) is 1.98. The van der Waals surface area contributed by atoms with Crippen LogP contribution in [0.2, 0.25) is 0 Å². The van der Waals surface area contributed by atoms with Gasteiger partial charge in [0.05, 0.1) is 0 Å². The van der Waals surface area contributed by atoms with E-state index in [0.717, 1.165) is 12.3 Å². The molecule has 1 atom stereocenters. The van der Waals surface area contributed by atoms with Crippen LogP contribution in [-0.2, 0) is 12.8 Å². The van der Waals surface area contributed by atoms with Gasteiger partial charge in [-0.05, 0) is 61.9 Å². The Kier molecular flexibility index (Phi) is 4.65. The predicted molar refractivity (Wildman–Crippen MR) is 76.3 cm³/mol. The maximum Gasteiger partial charge on any atom is 0.120 e. The van der Waals surface area contributed by atoms with E-state index >= 15 is 0 Å². The standard InChI is InChI=1S/C16H25NO/c1-12(2)16(11-17-3)18-15-9-8-13-6-4-5-7-14(13)10-15/h8-10,12,16-17H,4-7,11H2,1-3H3. The average Bonchev–Trinajstić information content (AvgIpc) is 2.38. The number of benzene rings is 1. The van der Waals surface area contributed by atoms with E-state index in [1.165, 1.54) is 36.8 Å². The molecule has 100 valence electrons. The van der Waals surface area contributed by atoms with E-state index in [-0.39, 0.29) is 6.10 Å². The fourth-order valence-electron chi connectivity index (χ4n) is 2.57. The summed E-state index contributed by atoms with van der Waals surface area (Å²) < 4.78 is 6.12. The van der Waals surface area contributed by atoms with Gasteiger partial charge in [-0.2, -0.15) is 0 Å². The third-order valence-electron chi connectivity index (χ3n) is 3.76. The lowest BCUT2D eigenvalue weighted by Gasteiger charge is -2.24. The van der Waals surface area contributed by atoms with E-state index in [0.29, 0.717) is 5.92 Å². The van der Waals surface area contributed by atoms with Crippen molar-refractivity contribution in [3.05, 3.63) is 29.3 Å². The Morgan fingerprint density at radius 3 is 2.56 bits per heavy atom. The third-order valence-corrected chi connectivity index (χ3v) is 3.76. The van der Waals surface area contributed by atoms with Crippen LogP contribution < -0.4 is 10.1 Å². The van der Waals surface area contributed by atoms with Crippen LogP contribution in [0.1, 0.15) is 37.8 Å². The number of likely N-dealkylation sites (N-methyl/N-ethyl adjacent to an activating group) is 1. The first-order valence-corrected chi connectivity index (χ1v) is 7.13. The minimum Gasteiger partial charge on any atom is -0.489 e. The molecule has 0 aliphatic heterocycles. The van der Waals surface area contributed by atoms with E-state index in [4.69, 9.17) is 4.74 Å². The summed E-state index contributed by atoms with van der Waals surface area (Å²) in [6, 6.07) is 6.63. The molecule has 0 saturated heterocycles. The summed E-state index contributed by atoms with van der Waals surface area (Å²) in [6.07, 6.45) is 5.35. The number of rotatable bonds is 5. The lowest BCUT2D eigenvalue weighted by atomic mass is 9.92. The van der Waals surface area contributed by atoms with Crippen LogP contribution in [0.5, 0.6) is 5.75 Å². The van der Waals surface area contributed by atoms with Crippen LogP contribution in [0.3, 0.4) is 0 Å². The Bertz CT molecular complexity index is 387. The maximum absolute atomic E-state index is 6.12. The second-order valence-corrected chi connectivity index (χ2v) is 5.60. The SMILES string of the molecule is CNCC(Oc1ccc2c(c1)CCCC2)C(C)C. The van der Waals surface area contributed by atoms with Crippen LogP contribution in [0.4, 0.5) is 0 Å². The van der Waals surface area contributed by atoms with Crippen molar-refractivity contribution in [3.63, 3.8) is 0 Å². The van der Waals surface area contributed by atoms with Crippen molar-refractivity contribution in [2.24, 2.45) is 5.92 Å². The highest BCUT2D eigenvalue weighted by Gasteiger charge is 2.16. The largest absolute Gasteiger partial charge is 0.489 e. The summed E-state index contributed by atoms with van der Waals surface area (Å²) in [5, 5.41) is 3.21. The van der Waals surface area contributed by atoms with Gasteiger partial charge in [0.1, 0.15) is 11.9 Å². The maximum atomic E-state index is 6.12. The zero-order chi connectivity index (χ0) is 13.0. The van der Waals surface area contributed by atoms with Crippen LogP contribution in [0.25, 0.3) is 0 Å². The molecule has 0 aromatic heterocycles. The highest BCUT2D eigenvalue weighted by atomic mass is 16.5. The number of nitrogens with one attached hydrogen (secondary N) is 1. The Morgan fingerprint density at radius 2 is 1.89 bits per heavy atom. The van der Waals surface area contributed by atoms with Crippen molar-refractivity contribution in [1.82, 2.24) is 5.32 Å². The Balaban J connectivity index is 2.08. The van der Waals surface area contributed by atoms with Gasteiger partial charge >= 0.3 is 0 Å². The Labute approximate surface area is 111 Å². The molecule has 2 nitrogen and oxygen atoms in total. The zero-order valence-electron chi connectivity index (χ0n) is 11.8. The fraction of sp³-hybridized carbons (Fsp3) is 0.625. The number of hydrogen-bond donors (Lipinski definition) is 1. The van der Waals surface area contributed by atoms with Crippen molar-refractivity contribution in [2.45, 2.75) is 45.6 Å². The van der Waals surface area contributed by atoms with Crippen LogP contribution >= 0.6 is 0 Å². The van der Waals surface area contributed by atoms with Gasteiger partial charge in [-0.15, -0.1) is 0 Å². The monoisotopic (exact) mass is 247 g/mol. The molecule has 1 aromatic rings. The number of ether oxygens (including phenoxy) is 1. The van der Waals surface area contributed by atoms with Crippen molar-refractivity contribution in [3.8, 4) is 5.75 Å². The molecule has 1 aromatic carbocycles. The first-order valence-electron chi connectivity index (χ1n) is 7.13. The Hall–Kier alpha value is -1.02. The Morgan fingerprint density at radius 1 is 1.17 bits per heavy atom. The molecular weight excluding hydrogens is 222 g/mol. The molecule has 18 heavy (non-hydrogen) atoms. The number of hydrogen-bond acceptors (Lipinski definition) is 2. The summed E-state index contributed by atoms with van der Waals surface area (Å²) in [4.78, 5) is 0. The van der Waals surface area contributed by atoms with Gasteiger partial charge in [-0.1, -0.05) is 19.9 Å². The fourth-order valence-corrected chi connectivity index (χ4v) is 2.57. The molecule has 1 N–H and O–H groups in total. The zero-order valence-corrected chi connectivity index (χ0v) is 11.8. The number of aryl methyl sites for hydroxylation is 2. The van der Waals surface area contributed by atoms with Gasteiger partial charge in [0.2, 0.25) is 0 Å². The summed E-state index contributed by atoms with van der Waals surface area (Å²) in [5.74, 6) is 1.55. The summed E-state index contributed by atoms with van der Waals surface area (Å²) in [5.41, 5.74) is 3.01. The molecule has 2 rings (SSSR count). The highest BCUT2D eigenvalue weighted by Crippen LogP contribution is 2.26. The minimum absolute atomic E-state index is 0.247. The molecule has 0 spiro atoms. The molecule has 1 aliphatic carbocycles. The molecule has 0 fully saturated rings. The van der Waals surface area contributed by atoms with E-state index in [1.807, 2.05) is 7.05 Å². The quantitative estimate of drug-likeness (QED) is 0.863. The molecule has 2 heteroatoms. The second-order valence-electron chi connectivity index (χ2n) is 5.60. The van der Waals surface area contributed by atoms with E-state index in [9.17, 15) is 0 Å². The molecule has 0 amide bonds. The third kappa shape index (κ3) is 3.26. The average molecular weight is 247 g/mol. The van der Waals surface area contributed by atoms with Crippen LogP contribution in [0, 0.1) is 5.92 Å². The first-order chi connectivity index (χ1) is 8.70. The smallest absolute Gasteiger partial charge is 0.120 e. The van der Waals surface area contributed by atoms with Gasteiger partial charge in [0.25, 0.3) is 0 Å². The van der Waals surface area contributed by atoms with E-state index < -0.39 is 0 Å². The topological polar surface area (TPSA) is 21.3 Å². The molecule has 0 bridgehead atoms. The predicted octanol–water partition coefficient (Wildman–Crippen LogP) is 3.19. The van der Waals surface area contributed by atoms with E-state index in [1.54, 1.807) is 0 Å². The molecule has 1 unspecified atom stereocenters. The van der Waals surface area contributed by atoms with Gasteiger partial charge in [0.15, 0.2) is 0 Å². The van der Waals surface area contributed by atoms with Gasteiger partial charge in [0, 0.05) is 6.54 Å². The summed E-state index contributed by atoms with van der Waals surface area (Å²) in [6.45, 7) is 5.32. The van der Waals surface area contributed by atoms with Crippen molar-refractivity contribution in [1.29, 1.82) is 0 Å². The summed E-state index contributed by atoms with van der Waals surface area (Å²) >= 11 is 0. The normalized spacial score (nSPS) is 16.4. The molecule has 0 saturated carbocycles. The lowest BCUT2D eigenvalue weighted by molar-refractivity contribution is 0.151. The van der Waals surface area contributed by atoms with Gasteiger partial charge in [-0.3, -0.25) is 0 Å². The minimum atomic E-state index is 0.247. The molecular formula is C16H25NO. The van der Waals surface area contributed by atoms with Crippen LogP contribution in [0.15, 0.2) is 18.2 Å². The van der Waals surface area contributed by atoms with Gasteiger partial charge < -0.3 is 10.1 Å². The number of fused-ring (bicyclic) bond motifs is 1. The molecule has 0 heterocycles. The lowest BCUT2D eigenvalue weighted by Crippen LogP contribution is -2.33. The van der Waals surface area contributed by atoms with E-state index in [2.05, 4.69) is 37.4 Å².